The third kappa shape index (κ3) is 1.27. The summed E-state index contributed by atoms with van der Waals surface area (Å²) in [6.45, 7) is 8.91. The molecule has 0 aliphatic carbocycles. The molecule has 2 aliphatic heterocycles. The lowest BCUT2D eigenvalue weighted by Gasteiger charge is -2.28. The predicted molar refractivity (Wildman–Crippen MR) is 49.2 cm³/mol. The largest absolute Gasteiger partial charge is 0.374 e. The standard InChI is InChI=1S/C10H19NO/c1-8(2)11-7-10(3)6-9(11)4-5-12-10/h8-9H,4-7H2,1-3H3. The molecule has 2 fully saturated rings. The van der Waals surface area contributed by atoms with E-state index in [0.717, 1.165) is 19.2 Å². The first kappa shape index (κ1) is 8.52. The van der Waals surface area contributed by atoms with Gasteiger partial charge in [0.05, 0.1) is 5.60 Å². The van der Waals surface area contributed by atoms with Crippen LogP contribution in [0.15, 0.2) is 0 Å². The fourth-order valence-electron chi connectivity index (χ4n) is 2.61. The Morgan fingerprint density at radius 3 is 2.83 bits per heavy atom. The van der Waals surface area contributed by atoms with E-state index in [0.29, 0.717) is 6.04 Å². The van der Waals surface area contributed by atoms with Crippen molar-refractivity contribution in [2.24, 2.45) is 0 Å². The van der Waals surface area contributed by atoms with Gasteiger partial charge in [-0.25, -0.2) is 0 Å². The van der Waals surface area contributed by atoms with Crippen LogP contribution < -0.4 is 0 Å². The molecule has 2 saturated heterocycles. The quantitative estimate of drug-likeness (QED) is 0.592. The summed E-state index contributed by atoms with van der Waals surface area (Å²) < 4.78 is 5.80. The summed E-state index contributed by atoms with van der Waals surface area (Å²) in [6, 6.07) is 1.47. The Bertz CT molecular complexity index is 181. The van der Waals surface area contributed by atoms with Crippen molar-refractivity contribution in [2.45, 2.75) is 51.3 Å². The molecule has 2 aliphatic rings. The van der Waals surface area contributed by atoms with Gasteiger partial charge in [-0.1, -0.05) is 0 Å². The highest BCUT2D eigenvalue weighted by Crippen LogP contribution is 2.36. The number of fused-ring (bicyclic) bond motifs is 2. The second kappa shape index (κ2) is 2.71. The zero-order valence-electron chi connectivity index (χ0n) is 8.34. The second-order valence-electron chi connectivity index (χ2n) is 4.71. The molecule has 2 nitrogen and oxygen atoms in total. The number of hydrogen-bond acceptors (Lipinski definition) is 2. The van der Waals surface area contributed by atoms with E-state index in [4.69, 9.17) is 4.74 Å². The molecule has 0 saturated carbocycles. The van der Waals surface area contributed by atoms with Crippen LogP contribution in [0.2, 0.25) is 0 Å². The smallest absolute Gasteiger partial charge is 0.0795 e. The van der Waals surface area contributed by atoms with Crippen LogP contribution in [-0.4, -0.2) is 35.7 Å². The van der Waals surface area contributed by atoms with E-state index in [1.54, 1.807) is 0 Å². The lowest BCUT2D eigenvalue weighted by molar-refractivity contribution is -0.0374. The zero-order chi connectivity index (χ0) is 8.77. The fraction of sp³-hybridized carbons (Fsp3) is 1.00. The van der Waals surface area contributed by atoms with Gasteiger partial charge in [0.1, 0.15) is 0 Å². The van der Waals surface area contributed by atoms with Crippen LogP contribution >= 0.6 is 0 Å². The van der Waals surface area contributed by atoms with Crippen LogP contribution in [0.1, 0.15) is 33.6 Å². The van der Waals surface area contributed by atoms with Gasteiger partial charge in [0.2, 0.25) is 0 Å². The maximum atomic E-state index is 5.80. The molecular weight excluding hydrogens is 150 g/mol. The van der Waals surface area contributed by atoms with E-state index in [-0.39, 0.29) is 5.60 Å². The average Bonchev–Trinajstić information content (AvgIpc) is 2.22. The number of likely N-dealkylation sites (tertiary alicyclic amines) is 1. The summed E-state index contributed by atoms with van der Waals surface area (Å²) in [6.07, 6.45) is 2.47. The maximum Gasteiger partial charge on any atom is 0.0795 e. The third-order valence-corrected chi connectivity index (χ3v) is 3.22. The summed E-state index contributed by atoms with van der Waals surface area (Å²) in [5.74, 6) is 0. The fourth-order valence-corrected chi connectivity index (χ4v) is 2.61. The Morgan fingerprint density at radius 2 is 2.25 bits per heavy atom. The van der Waals surface area contributed by atoms with Crippen LogP contribution in [-0.2, 0) is 4.74 Å². The molecule has 0 aromatic carbocycles. The topological polar surface area (TPSA) is 12.5 Å². The van der Waals surface area contributed by atoms with Crippen molar-refractivity contribution >= 4 is 0 Å². The molecule has 0 amide bonds. The van der Waals surface area contributed by atoms with E-state index in [2.05, 4.69) is 25.7 Å². The lowest BCUT2D eigenvalue weighted by atomic mass is 9.98. The molecule has 12 heavy (non-hydrogen) atoms. The van der Waals surface area contributed by atoms with Gasteiger partial charge in [0.15, 0.2) is 0 Å². The Hall–Kier alpha value is -0.0800. The minimum atomic E-state index is 0.174. The predicted octanol–water partition coefficient (Wildman–Crippen LogP) is 1.65. The first-order valence-electron chi connectivity index (χ1n) is 5.00. The van der Waals surface area contributed by atoms with E-state index >= 15 is 0 Å². The van der Waals surface area contributed by atoms with E-state index in [1.807, 2.05) is 0 Å². The van der Waals surface area contributed by atoms with Crippen molar-refractivity contribution in [3.8, 4) is 0 Å². The molecular formula is C10H19NO. The van der Waals surface area contributed by atoms with Crippen molar-refractivity contribution in [3.05, 3.63) is 0 Å². The molecule has 2 rings (SSSR count). The second-order valence-corrected chi connectivity index (χ2v) is 4.71. The van der Waals surface area contributed by atoms with Crippen molar-refractivity contribution in [1.82, 2.24) is 4.90 Å². The van der Waals surface area contributed by atoms with Gasteiger partial charge >= 0.3 is 0 Å². The lowest BCUT2D eigenvalue weighted by Crippen LogP contribution is -2.35. The van der Waals surface area contributed by atoms with Gasteiger partial charge in [-0.3, -0.25) is 4.90 Å². The van der Waals surface area contributed by atoms with Crippen molar-refractivity contribution in [3.63, 3.8) is 0 Å². The van der Waals surface area contributed by atoms with Crippen molar-refractivity contribution in [2.75, 3.05) is 13.2 Å². The number of ether oxygens (including phenoxy) is 1. The minimum absolute atomic E-state index is 0.174. The van der Waals surface area contributed by atoms with E-state index < -0.39 is 0 Å². The molecule has 0 spiro atoms. The number of nitrogens with zero attached hydrogens (tertiary/aromatic N) is 1. The van der Waals surface area contributed by atoms with E-state index in [9.17, 15) is 0 Å². The van der Waals surface area contributed by atoms with Crippen LogP contribution in [0.3, 0.4) is 0 Å². The number of hydrogen-bond donors (Lipinski definition) is 0. The van der Waals surface area contributed by atoms with Gasteiger partial charge in [0.25, 0.3) is 0 Å². The summed E-state index contributed by atoms with van der Waals surface area (Å²) in [5.41, 5.74) is 0.174. The average molecular weight is 169 g/mol. The van der Waals surface area contributed by atoms with Gasteiger partial charge in [0, 0.05) is 25.2 Å². The Kier molecular flexibility index (Phi) is 1.92. The van der Waals surface area contributed by atoms with Crippen molar-refractivity contribution in [1.29, 1.82) is 0 Å². The summed E-state index contributed by atoms with van der Waals surface area (Å²) in [7, 11) is 0. The normalized spacial score (nSPS) is 42.5. The van der Waals surface area contributed by atoms with Gasteiger partial charge in [-0.15, -0.1) is 0 Å². The highest BCUT2D eigenvalue weighted by atomic mass is 16.5. The number of rotatable bonds is 1. The van der Waals surface area contributed by atoms with E-state index in [1.165, 1.54) is 12.8 Å². The molecule has 2 unspecified atom stereocenters. The third-order valence-electron chi connectivity index (χ3n) is 3.22. The molecule has 2 heterocycles. The van der Waals surface area contributed by atoms with Gasteiger partial charge in [-0.2, -0.15) is 0 Å². The first-order chi connectivity index (χ1) is 5.61. The molecule has 0 radical (unpaired) electrons. The molecule has 2 heteroatoms. The molecule has 70 valence electrons. The first-order valence-corrected chi connectivity index (χ1v) is 5.00. The Balaban J connectivity index is 2.12. The van der Waals surface area contributed by atoms with Crippen LogP contribution in [0, 0.1) is 0 Å². The molecule has 0 N–H and O–H groups in total. The maximum absolute atomic E-state index is 5.80. The highest BCUT2D eigenvalue weighted by Gasteiger charge is 2.45. The Morgan fingerprint density at radius 1 is 1.50 bits per heavy atom. The molecule has 2 atom stereocenters. The summed E-state index contributed by atoms with van der Waals surface area (Å²) >= 11 is 0. The monoisotopic (exact) mass is 169 g/mol. The van der Waals surface area contributed by atoms with Crippen LogP contribution in [0.5, 0.6) is 0 Å². The zero-order valence-corrected chi connectivity index (χ0v) is 8.34. The van der Waals surface area contributed by atoms with Gasteiger partial charge < -0.3 is 4.74 Å². The van der Waals surface area contributed by atoms with Crippen LogP contribution in [0.25, 0.3) is 0 Å². The molecule has 0 aromatic heterocycles. The van der Waals surface area contributed by atoms with Crippen LogP contribution in [0.4, 0.5) is 0 Å². The summed E-state index contributed by atoms with van der Waals surface area (Å²) in [4.78, 5) is 2.59. The molecule has 2 bridgehead atoms. The summed E-state index contributed by atoms with van der Waals surface area (Å²) in [5, 5.41) is 0. The molecule has 0 aromatic rings. The minimum Gasteiger partial charge on any atom is -0.374 e. The van der Waals surface area contributed by atoms with Crippen molar-refractivity contribution < 1.29 is 4.74 Å². The SMILES string of the molecule is CC(C)N1CC2(C)CC1CCO2. The Labute approximate surface area is 74.9 Å². The van der Waals surface area contributed by atoms with Gasteiger partial charge in [-0.05, 0) is 33.6 Å². The highest BCUT2D eigenvalue weighted by molar-refractivity contribution is 4.98.